The van der Waals surface area contributed by atoms with Crippen LogP contribution in [0.25, 0.3) is 0 Å². The average Bonchev–Trinajstić information content (AvgIpc) is 2.30. The lowest BCUT2D eigenvalue weighted by molar-refractivity contribution is -0.144. The second-order valence-electron chi connectivity index (χ2n) is 3.28. The summed E-state index contributed by atoms with van der Waals surface area (Å²) in [5.41, 5.74) is 0.402. The predicted molar refractivity (Wildman–Crippen MR) is 58.2 cm³/mol. The van der Waals surface area contributed by atoms with Crippen LogP contribution in [0.3, 0.4) is 0 Å². The molecule has 1 aliphatic heterocycles. The van der Waals surface area contributed by atoms with Crippen molar-refractivity contribution < 1.29 is 9.63 Å². The van der Waals surface area contributed by atoms with Crippen molar-refractivity contribution in [3.8, 4) is 0 Å². The first-order valence-electron chi connectivity index (χ1n) is 4.84. The molecule has 1 aliphatic rings. The minimum atomic E-state index is -0.179. The Balaban J connectivity index is 2.16. The van der Waals surface area contributed by atoms with E-state index >= 15 is 0 Å². The monoisotopic (exact) mass is 270 g/mol. The van der Waals surface area contributed by atoms with Gasteiger partial charge in [-0.05, 0) is 40.9 Å². The fourth-order valence-electron chi connectivity index (χ4n) is 1.42. The topological polar surface area (TPSA) is 42.4 Å². The first kappa shape index (κ1) is 10.6. The van der Waals surface area contributed by atoms with Crippen LogP contribution >= 0.6 is 15.9 Å². The fraction of sp³-hybridized carbons (Fsp3) is 0.400. The van der Waals surface area contributed by atoms with Crippen molar-refractivity contribution in [2.75, 3.05) is 13.2 Å². The van der Waals surface area contributed by atoms with E-state index in [9.17, 15) is 4.79 Å². The fourth-order valence-corrected chi connectivity index (χ4v) is 1.84. The van der Waals surface area contributed by atoms with Crippen LogP contribution in [-0.4, -0.2) is 29.1 Å². The van der Waals surface area contributed by atoms with Gasteiger partial charge >= 0.3 is 0 Å². The molecule has 1 fully saturated rings. The Morgan fingerprint density at radius 1 is 1.53 bits per heavy atom. The largest absolute Gasteiger partial charge is 0.297 e. The van der Waals surface area contributed by atoms with E-state index in [0.717, 1.165) is 12.8 Å². The van der Waals surface area contributed by atoms with E-state index in [1.54, 1.807) is 18.3 Å². The molecule has 5 heteroatoms. The first-order valence-corrected chi connectivity index (χ1v) is 5.63. The second kappa shape index (κ2) is 4.72. The molecule has 0 aliphatic carbocycles. The van der Waals surface area contributed by atoms with Gasteiger partial charge in [0.25, 0.3) is 5.91 Å². The highest BCUT2D eigenvalue weighted by Gasteiger charge is 2.22. The Morgan fingerprint density at radius 2 is 2.40 bits per heavy atom. The second-order valence-corrected chi connectivity index (χ2v) is 4.14. The number of pyridine rings is 1. The molecule has 0 bridgehead atoms. The Morgan fingerprint density at radius 3 is 3.07 bits per heavy atom. The van der Waals surface area contributed by atoms with Crippen LogP contribution in [0.4, 0.5) is 0 Å². The number of amides is 1. The summed E-state index contributed by atoms with van der Waals surface area (Å²) in [7, 11) is 0. The molecule has 1 aromatic rings. The summed E-state index contributed by atoms with van der Waals surface area (Å²) in [4.78, 5) is 21.2. The first-order chi connectivity index (χ1) is 7.29. The van der Waals surface area contributed by atoms with E-state index in [0.29, 0.717) is 23.3 Å². The van der Waals surface area contributed by atoms with Gasteiger partial charge in [-0.15, -0.1) is 0 Å². The third-order valence-electron chi connectivity index (χ3n) is 2.19. The van der Waals surface area contributed by atoms with Crippen LogP contribution in [0.5, 0.6) is 0 Å². The number of carbonyl (C=O) groups excluding carboxylic acids is 1. The number of nitrogens with zero attached hydrogens (tertiary/aromatic N) is 2. The quantitative estimate of drug-likeness (QED) is 0.784. The van der Waals surface area contributed by atoms with E-state index in [1.165, 1.54) is 5.06 Å². The lowest BCUT2D eigenvalue weighted by Gasteiger charge is -2.25. The molecule has 1 amide bonds. The molecule has 4 nitrogen and oxygen atoms in total. The molecule has 0 spiro atoms. The van der Waals surface area contributed by atoms with Crippen molar-refractivity contribution in [3.63, 3.8) is 0 Å². The number of aromatic nitrogens is 1. The molecule has 1 aromatic heterocycles. The lowest BCUT2D eigenvalue weighted by Crippen LogP contribution is -2.36. The number of hydrogen-bond acceptors (Lipinski definition) is 3. The summed E-state index contributed by atoms with van der Waals surface area (Å²) in [5.74, 6) is -0.179. The van der Waals surface area contributed by atoms with E-state index in [-0.39, 0.29) is 5.91 Å². The van der Waals surface area contributed by atoms with Crippen molar-refractivity contribution in [2.24, 2.45) is 0 Å². The zero-order valence-corrected chi connectivity index (χ0v) is 9.74. The minimum absolute atomic E-state index is 0.179. The van der Waals surface area contributed by atoms with Gasteiger partial charge in [-0.1, -0.05) is 0 Å². The summed E-state index contributed by atoms with van der Waals surface area (Å²) in [5, 5.41) is 1.39. The normalized spacial score (nSPS) is 16.5. The Labute approximate surface area is 96.3 Å². The average molecular weight is 271 g/mol. The van der Waals surface area contributed by atoms with Gasteiger partial charge in [0.05, 0.1) is 6.61 Å². The highest BCUT2D eigenvalue weighted by atomic mass is 79.9. The Bertz CT molecular complexity index is 364. The summed E-state index contributed by atoms with van der Waals surface area (Å²) in [6.45, 7) is 1.25. The standard InChI is InChI=1S/C10H11BrN2O2/c11-8-4-3-5-12-9(8)10(14)13-6-1-2-7-15-13/h3-5H,1-2,6-7H2. The van der Waals surface area contributed by atoms with Gasteiger partial charge in [0.1, 0.15) is 5.69 Å². The van der Waals surface area contributed by atoms with Crippen molar-refractivity contribution >= 4 is 21.8 Å². The van der Waals surface area contributed by atoms with Crippen LogP contribution in [0.2, 0.25) is 0 Å². The highest BCUT2D eigenvalue weighted by Crippen LogP contribution is 2.17. The highest BCUT2D eigenvalue weighted by molar-refractivity contribution is 9.10. The van der Waals surface area contributed by atoms with Crippen molar-refractivity contribution in [1.29, 1.82) is 0 Å². The maximum atomic E-state index is 11.9. The van der Waals surface area contributed by atoms with Crippen LogP contribution in [0.1, 0.15) is 23.3 Å². The van der Waals surface area contributed by atoms with Crippen molar-refractivity contribution in [2.45, 2.75) is 12.8 Å². The Hall–Kier alpha value is -0.940. The van der Waals surface area contributed by atoms with Crippen LogP contribution in [0.15, 0.2) is 22.8 Å². The summed E-state index contributed by atoms with van der Waals surface area (Å²) in [6, 6.07) is 3.57. The number of hydrogen-bond donors (Lipinski definition) is 0. The number of rotatable bonds is 1. The smallest absolute Gasteiger partial charge is 0.271 e. The van der Waals surface area contributed by atoms with Crippen LogP contribution < -0.4 is 0 Å². The van der Waals surface area contributed by atoms with E-state index < -0.39 is 0 Å². The molecule has 0 atom stereocenters. The predicted octanol–water partition coefficient (Wildman–Crippen LogP) is 2.01. The lowest BCUT2D eigenvalue weighted by atomic mass is 10.2. The number of halogens is 1. The molecular weight excluding hydrogens is 260 g/mol. The maximum absolute atomic E-state index is 11.9. The van der Waals surface area contributed by atoms with Crippen LogP contribution in [-0.2, 0) is 4.84 Å². The minimum Gasteiger partial charge on any atom is -0.271 e. The maximum Gasteiger partial charge on any atom is 0.297 e. The molecule has 0 unspecified atom stereocenters. The molecule has 0 N–H and O–H groups in total. The number of carbonyl (C=O) groups is 1. The molecular formula is C10H11BrN2O2. The zero-order chi connectivity index (χ0) is 10.7. The zero-order valence-electron chi connectivity index (χ0n) is 8.15. The molecule has 80 valence electrons. The van der Waals surface area contributed by atoms with Gasteiger partial charge in [-0.2, -0.15) is 0 Å². The van der Waals surface area contributed by atoms with Gasteiger partial charge < -0.3 is 0 Å². The number of hydroxylamine groups is 2. The van der Waals surface area contributed by atoms with Gasteiger partial charge in [-0.3, -0.25) is 9.63 Å². The van der Waals surface area contributed by atoms with Gasteiger partial charge in [0.2, 0.25) is 0 Å². The van der Waals surface area contributed by atoms with E-state index in [2.05, 4.69) is 20.9 Å². The molecule has 2 heterocycles. The molecule has 0 radical (unpaired) electrons. The molecule has 15 heavy (non-hydrogen) atoms. The summed E-state index contributed by atoms with van der Waals surface area (Å²) in [6.07, 6.45) is 3.59. The van der Waals surface area contributed by atoms with Crippen molar-refractivity contribution in [1.82, 2.24) is 10.0 Å². The molecule has 1 saturated heterocycles. The summed E-state index contributed by atoms with van der Waals surface area (Å²) >= 11 is 3.30. The van der Waals surface area contributed by atoms with Gasteiger partial charge in [0, 0.05) is 17.2 Å². The Kier molecular flexibility index (Phi) is 3.33. The SMILES string of the molecule is O=C(c1ncccc1Br)N1CCCCO1. The van der Waals surface area contributed by atoms with E-state index in [1.807, 2.05) is 0 Å². The van der Waals surface area contributed by atoms with E-state index in [4.69, 9.17) is 4.84 Å². The summed E-state index contributed by atoms with van der Waals surface area (Å²) < 4.78 is 0.698. The van der Waals surface area contributed by atoms with Crippen molar-refractivity contribution in [3.05, 3.63) is 28.5 Å². The van der Waals surface area contributed by atoms with Gasteiger partial charge in [0.15, 0.2) is 0 Å². The third kappa shape index (κ3) is 2.35. The molecule has 2 rings (SSSR count). The van der Waals surface area contributed by atoms with Gasteiger partial charge in [-0.25, -0.2) is 10.0 Å². The molecule has 0 saturated carbocycles. The third-order valence-corrected chi connectivity index (χ3v) is 2.83. The van der Waals surface area contributed by atoms with Crippen LogP contribution in [0, 0.1) is 0 Å². The molecule has 0 aromatic carbocycles.